The Balaban J connectivity index is 2.44. The maximum Gasteiger partial charge on any atom is 0.115 e. The van der Waals surface area contributed by atoms with Gasteiger partial charge in [-0.25, -0.2) is 9.97 Å². The quantitative estimate of drug-likeness (QED) is 0.719. The molecule has 0 aliphatic carbocycles. The second kappa shape index (κ2) is 3.63. The molecule has 3 heteroatoms. The van der Waals surface area contributed by atoms with Crippen molar-refractivity contribution in [3.63, 3.8) is 0 Å². The summed E-state index contributed by atoms with van der Waals surface area (Å²) in [5, 5.41) is 3.36. The molecule has 1 N–H and O–H groups in total. The molecule has 0 aromatic carbocycles. The lowest BCUT2D eigenvalue weighted by molar-refractivity contribution is 0.423. The van der Waals surface area contributed by atoms with Crippen molar-refractivity contribution in [3.05, 3.63) is 24.3 Å². The maximum absolute atomic E-state index is 3.93. The highest BCUT2D eigenvalue weighted by molar-refractivity contribution is 5.02. The largest absolute Gasteiger partial charge is 0.308 e. The van der Waals surface area contributed by atoms with E-state index in [-0.39, 0.29) is 5.54 Å². The molecule has 0 atom stereocenters. The van der Waals surface area contributed by atoms with Crippen molar-refractivity contribution >= 4 is 0 Å². The van der Waals surface area contributed by atoms with Crippen LogP contribution in [-0.4, -0.2) is 15.5 Å². The lowest BCUT2D eigenvalue weighted by atomic mass is 10.1. The summed E-state index contributed by atoms with van der Waals surface area (Å²) in [6.45, 7) is 7.23. The molecular formula is C9H15N3. The van der Waals surface area contributed by atoms with Crippen LogP contribution < -0.4 is 5.32 Å². The summed E-state index contributed by atoms with van der Waals surface area (Å²) in [5.74, 6) is 0. The second-order valence-electron chi connectivity index (χ2n) is 3.85. The molecule has 1 heterocycles. The third kappa shape index (κ3) is 3.44. The molecule has 0 amide bonds. The van der Waals surface area contributed by atoms with E-state index in [1.165, 1.54) is 0 Å². The zero-order valence-electron chi connectivity index (χ0n) is 7.83. The van der Waals surface area contributed by atoms with Crippen molar-refractivity contribution in [3.8, 4) is 0 Å². The van der Waals surface area contributed by atoms with Gasteiger partial charge in [-0.2, -0.15) is 0 Å². The molecule has 0 saturated heterocycles. The van der Waals surface area contributed by atoms with Gasteiger partial charge in [-0.05, 0) is 20.8 Å². The van der Waals surface area contributed by atoms with E-state index in [0.29, 0.717) is 0 Å². The van der Waals surface area contributed by atoms with Crippen LogP contribution in [0.3, 0.4) is 0 Å². The predicted octanol–water partition coefficient (Wildman–Crippen LogP) is 1.36. The van der Waals surface area contributed by atoms with E-state index < -0.39 is 0 Å². The first-order chi connectivity index (χ1) is 5.58. The summed E-state index contributed by atoms with van der Waals surface area (Å²) in [5.41, 5.74) is 1.27. The minimum Gasteiger partial charge on any atom is -0.308 e. The van der Waals surface area contributed by atoms with Crippen molar-refractivity contribution in [1.82, 2.24) is 15.3 Å². The number of aromatic nitrogens is 2. The molecule has 0 radical (unpaired) electrons. The summed E-state index contributed by atoms with van der Waals surface area (Å²) in [6, 6.07) is 0. The standard InChI is InChI=1S/C9H15N3/c1-9(2,3)12-6-8-4-10-7-11-5-8/h4-5,7,12H,6H2,1-3H3. The van der Waals surface area contributed by atoms with Gasteiger partial charge >= 0.3 is 0 Å². The average Bonchev–Trinajstić information content (AvgIpc) is 2.02. The number of nitrogens with zero attached hydrogens (tertiary/aromatic N) is 2. The maximum atomic E-state index is 3.93. The molecule has 0 spiro atoms. The fourth-order valence-corrected chi connectivity index (χ4v) is 0.788. The van der Waals surface area contributed by atoms with Crippen molar-refractivity contribution in [2.24, 2.45) is 0 Å². The molecule has 3 nitrogen and oxygen atoms in total. The smallest absolute Gasteiger partial charge is 0.115 e. The molecule has 1 aromatic heterocycles. The highest BCUT2D eigenvalue weighted by Crippen LogP contribution is 2.01. The lowest BCUT2D eigenvalue weighted by Crippen LogP contribution is -2.35. The van der Waals surface area contributed by atoms with Gasteiger partial charge in [-0.1, -0.05) is 0 Å². The van der Waals surface area contributed by atoms with Crippen LogP contribution in [0.5, 0.6) is 0 Å². The first kappa shape index (κ1) is 9.13. The van der Waals surface area contributed by atoms with Gasteiger partial charge in [0.2, 0.25) is 0 Å². The van der Waals surface area contributed by atoms with E-state index in [4.69, 9.17) is 0 Å². The fourth-order valence-electron chi connectivity index (χ4n) is 0.788. The van der Waals surface area contributed by atoms with Crippen LogP contribution in [0.4, 0.5) is 0 Å². The van der Waals surface area contributed by atoms with Crippen LogP contribution in [0.25, 0.3) is 0 Å². The monoisotopic (exact) mass is 165 g/mol. The Morgan fingerprint density at radius 3 is 2.33 bits per heavy atom. The molecule has 0 saturated carbocycles. The van der Waals surface area contributed by atoms with Crippen molar-refractivity contribution in [2.45, 2.75) is 32.9 Å². The molecule has 1 rings (SSSR count). The molecule has 0 unspecified atom stereocenters. The number of nitrogens with one attached hydrogen (secondary N) is 1. The third-order valence-electron chi connectivity index (χ3n) is 1.44. The molecular weight excluding hydrogens is 150 g/mol. The molecule has 0 fully saturated rings. The third-order valence-corrected chi connectivity index (χ3v) is 1.44. The van der Waals surface area contributed by atoms with E-state index in [1.54, 1.807) is 6.33 Å². The van der Waals surface area contributed by atoms with Crippen LogP contribution >= 0.6 is 0 Å². The topological polar surface area (TPSA) is 37.8 Å². The summed E-state index contributed by atoms with van der Waals surface area (Å²) < 4.78 is 0. The number of hydrogen-bond donors (Lipinski definition) is 1. The van der Waals surface area contributed by atoms with Crippen LogP contribution in [0.1, 0.15) is 26.3 Å². The van der Waals surface area contributed by atoms with Gasteiger partial charge in [0.1, 0.15) is 6.33 Å². The van der Waals surface area contributed by atoms with E-state index in [9.17, 15) is 0 Å². The Morgan fingerprint density at radius 2 is 1.83 bits per heavy atom. The van der Waals surface area contributed by atoms with E-state index in [2.05, 4.69) is 36.1 Å². The molecule has 0 aliphatic heterocycles. The first-order valence-corrected chi connectivity index (χ1v) is 4.07. The Kier molecular flexibility index (Phi) is 2.76. The number of hydrogen-bond acceptors (Lipinski definition) is 3. The summed E-state index contributed by atoms with van der Waals surface area (Å²) in [6.07, 6.45) is 5.19. The Bertz CT molecular complexity index is 225. The lowest BCUT2D eigenvalue weighted by Gasteiger charge is -2.20. The van der Waals surface area contributed by atoms with E-state index in [0.717, 1.165) is 12.1 Å². The molecule has 0 bridgehead atoms. The predicted molar refractivity (Wildman–Crippen MR) is 48.6 cm³/mol. The first-order valence-electron chi connectivity index (χ1n) is 4.07. The zero-order valence-corrected chi connectivity index (χ0v) is 7.83. The van der Waals surface area contributed by atoms with E-state index >= 15 is 0 Å². The second-order valence-corrected chi connectivity index (χ2v) is 3.85. The van der Waals surface area contributed by atoms with Gasteiger partial charge < -0.3 is 5.32 Å². The molecule has 12 heavy (non-hydrogen) atoms. The Labute approximate surface area is 73.2 Å². The molecule has 0 aliphatic rings. The van der Waals surface area contributed by atoms with E-state index in [1.807, 2.05) is 12.4 Å². The van der Waals surface area contributed by atoms with Gasteiger partial charge in [0.05, 0.1) is 0 Å². The van der Waals surface area contributed by atoms with Crippen molar-refractivity contribution in [2.75, 3.05) is 0 Å². The van der Waals surface area contributed by atoms with Gasteiger partial charge in [-0.15, -0.1) is 0 Å². The van der Waals surface area contributed by atoms with Gasteiger partial charge in [0, 0.05) is 30.0 Å². The van der Waals surface area contributed by atoms with Crippen molar-refractivity contribution in [1.29, 1.82) is 0 Å². The average molecular weight is 165 g/mol. The highest BCUT2D eigenvalue weighted by atomic mass is 14.9. The Hall–Kier alpha value is -0.960. The normalized spacial score (nSPS) is 11.6. The van der Waals surface area contributed by atoms with Gasteiger partial charge in [0.15, 0.2) is 0 Å². The minimum absolute atomic E-state index is 0.149. The SMILES string of the molecule is CC(C)(C)NCc1cncnc1. The fraction of sp³-hybridized carbons (Fsp3) is 0.556. The van der Waals surface area contributed by atoms with Crippen LogP contribution in [0.15, 0.2) is 18.7 Å². The summed E-state index contributed by atoms with van der Waals surface area (Å²) in [7, 11) is 0. The number of rotatable bonds is 2. The molecule has 66 valence electrons. The van der Waals surface area contributed by atoms with Gasteiger partial charge in [0.25, 0.3) is 0 Å². The summed E-state index contributed by atoms with van der Waals surface area (Å²) in [4.78, 5) is 7.87. The van der Waals surface area contributed by atoms with Crippen molar-refractivity contribution < 1.29 is 0 Å². The highest BCUT2D eigenvalue weighted by Gasteiger charge is 2.07. The zero-order chi connectivity index (χ0) is 9.03. The molecule has 1 aromatic rings. The summed E-state index contributed by atoms with van der Waals surface area (Å²) >= 11 is 0. The van der Waals surface area contributed by atoms with Crippen LogP contribution in [0, 0.1) is 0 Å². The minimum atomic E-state index is 0.149. The van der Waals surface area contributed by atoms with Gasteiger partial charge in [-0.3, -0.25) is 0 Å². The van der Waals surface area contributed by atoms with Crippen LogP contribution in [-0.2, 0) is 6.54 Å². The Morgan fingerprint density at radius 1 is 1.25 bits per heavy atom. The van der Waals surface area contributed by atoms with Crippen LogP contribution in [0.2, 0.25) is 0 Å².